The number of amides is 1. The van der Waals surface area contributed by atoms with E-state index in [2.05, 4.69) is 19.2 Å². The van der Waals surface area contributed by atoms with Crippen molar-refractivity contribution in [3.63, 3.8) is 0 Å². The average molecular weight is 458 g/mol. The highest BCUT2D eigenvalue weighted by Gasteiger charge is 2.36. The molecule has 8 nitrogen and oxygen atoms in total. The zero-order valence-electron chi connectivity index (χ0n) is 19.3. The van der Waals surface area contributed by atoms with E-state index >= 15 is 4.39 Å². The van der Waals surface area contributed by atoms with E-state index in [-0.39, 0.29) is 28.6 Å². The van der Waals surface area contributed by atoms with Gasteiger partial charge in [0.1, 0.15) is 11.9 Å². The lowest BCUT2D eigenvalue weighted by molar-refractivity contribution is -0.139. The summed E-state index contributed by atoms with van der Waals surface area (Å²) in [5.41, 5.74) is 15.2. The number of benzene rings is 1. The Balaban J connectivity index is 1.77. The third-order valence-corrected chi connectivity index (χ3v) is 7.21. The molecule has 9 heteroatoms. The largest absolute Gasteiger partial charge is 0.480 e. The summed E-state index contributed by atoms with van der Waals surface area (Å²) in [6.07, 6.45) is 4.88. The number of fused-ring (bicyclic) bond motifs is 1. The summed E-state index contributed by atoms with van der Waals surface area (Å²) >= 11 is 0. The second-order valence-electron chi connectivity index (χ2n) is 10.2. The van der Waals surface area contributed by atoms with Crippen molar-refractivity contribution in [2.75, 3.05) is 5.32 Å². The smallest absolute Gasteiger partial charge is 0.320 e. The molecule has 178 valence electrons. The fourth-order valence-corrected chi connectivity index (χ4v) is 5.39. The molecule has 1 aromatic heterocycles. The van der Waals surface area contributed by atoms with E-state index in [1.54, 1.807) is 10.7 Å². The maximum Gasteiger partial charge on any atom is 0.320 e. The number of hydrogen-bond acceptors (Lipinski definition) is 5. The molecule has 1 fully saturated rings. The number of aromatic nitrogens is 2. The number of carboxylic acids is 1. The van der Waals surface area contributed by atoms with E-state index in [0.29, 0.717) is 18.5 Å². The first-order chi connectivity index (χ1) is 15.5. The third kappa shape index (κ3) is 4.34. The fraction of sp³-hybridized carbons (Fsp3) is 0.542. The van der Waals surface area contributed by atoms with E-state index in [4.69, 9.17) is 16.6 Å². The molecule has 33 heavy (non-hydrogen) atoms. The summed E-state index contributed by atoms with van der Waals surface area (Å²) in [5.74, 6) is -3.05. The highest BCUT2D eigenvalue weighted by atomic mass is 19.1. The normalized spacial score (nSPS) is 22.6. The van der Waals surface area contributed by atoms with Crippen LogP contribution >= 0.6 is 0 Å². The first-order valence-electron chi connectivity index (χ1n) is 11.4. The molecule has 0 spiro atoms. The number of primary amides is 1. The van der Waals surface area contributed by atoms with E-state index in [0.717, 1.165) is 37.1 Å². The number of anilines is 1. The minimum Gasteiger partial charge on any atom is -0.480 e. The van der Waals surface area contributed by atoms with Gasteiger partial charge in [-0.15, -0.1) is 0 Å². The summed E-state index contributed by atoms with van der Waals surface area (Å²) in [7, 11) is 0. The van der Waals surface area contributed by atoms with Crippen LogP contribution in [0.4, 0.5) is 10.1 Å². The van der Waals surface area contributed by atoms with Gasteiger partial charge >= 0.3 is 5.97 Å². The number of halogens is 1. The maximum atomic E-state index is 15.2. The molecule has 2 aromatic rings. The number of nitrogens with two attached hydrogens (primary N) is 2. The summed E-state index contributed by atoms with van der Waals surface area (Å²) in [6, 6.07) is 1.61. The number of carbonyl (C=O) groups excluding carboxylic acids is 1. The Morgan fingerprint density at radius 3 is 2.73 bits per heavy atom. The highest BCUT2D eigenvalue weighted by molar-refractivity contribution is 5.99. The molecule has 6 N–H and O–H groups in total. The van der Waals surface area contributed by atoms with Crippen molar-refractivity contribution in [1.29, 1.82) is 0 Å². The second kappa shape index (κ2) is 8.44. The van der Waals surface area contributed by atoms with Crippen LogP contribution in [-0.2, 0) is 17.6 Å². The fourth-order valence-electron chi connectivity index (χ4n) is 5.39. The van der Waals surface area contributed by atoms with Crippen LogP contribution < -0.4 is 16.8 Å². The first-order valence-corrected chi connectivity index (χ1v) is 11.4. The topological polar surface area (TPSA) is 136 Å². The molecule has 1 saturated carbocycles. The Hall–Kier alpha value is -2.94. The predicted molar refractivity (Wildman–Crippen MR) is 123 cm³/mol. The number of hydrogen-bond donors (Lipinski definition) is 4. The summed E-state index contributed by atoms with van der Waals surface area (Å²) < 4.78 is 17.0. The number of nitrogens with zero attached hydrogens (tertiary/aromatic N) is 2. The summed E-state index contributed by atoms with van der Waals surface area (Å²) in [6.45, 7) is 6.37. The molecular formula is C24H32FN5O3. The van der Waals surface area contributed by atoms with Crippen molar-refractivity contribution in [2.24, 2.45) is 22.8 Å². The van der Waals surface area contributed by atoms with Crippen LogP contribution in [0.3, 0.4) is 0 Å². The first kappa shape index (κ1) is 23.2. The maximum absolute atomic E-state index is 15.2. The third-order valence-electron chi connectivity index (χ3n) is 7.21. The molecule has 0 saturated heterocycles. The van der Waals surface area contributed by atoms with Gasteiger partial charge in [-0.1, -0.05) is 20.3 Å². The number of carboxylic acid groups (broad SMARTS) is 1. The summed E-state index contributed by atoms with van der Waals surface area (Å²) in [4.78, 5) is 23.6. The van der Waals surface area contributed by atoms with Crippen LogP contribution in [0.15, 0.2) is 12.1 Å². The van der Waals surface area contributed by atoms with Crippen LogP contribution in [-0.4, -0.2) is 38.8 Å². The number of carbonyl (C=O) groups is 2. The van der Waals surface area contributed by atoms with Crippen LogP contribution in [0.1, 0.15) is 66.8 Å². The standard InChI is InChI=1S/C24H32FN5O3/c1-12-14-7-8-24(2,3)11-19(14)30(29-12)13-9-16(25)20(22(27)31)18(10-13)28-17-6-4-5-15(17)21(26)23(32)33/h9-10,15,17,21,28H,4-8,11,26H2,1-3H3,(H2,27,31)(H,32,33)/t15-,17+,21?/m1/s1. The molecule has 2 aliphatic rings. The number of aryl methyl sites for hydroxylation is 1. The van der Waals surface area contributed by atoms with E-state index in [1.807, 2.05) is 6.92 Å². The zero-order valence-corrected chi connectivity index (χ0v) is 19.3. The van der Waals surface area contributed by atoms with Crippen LogP contribution in [0, 0.1) is 24.1 Å². The van der Waals surface area contributed by atoms with Crippen LogP contribution in [0.2, 0.25) is 0 Å². The minimum atomic E-state index is -1.08. The Kier molecular flexibility index (Phi) is 5.94. The molecule has 0 aliphatic heterocycles. The summed E-state index contributed by atoms with van der Waals surface area (Å²) in [5, 5.41) is 17.3. The molecule has 3 atom stereocenters. The SMILES string of the molecule is Cc1nn(-c2cc(F)c(C(N)=O)c(N[C@H]3CCC[C@H]3C(N)C(=O)O)c2)c2c1CCC(C)(C)C2. The van der Waals surface area contributed by atoms with Crippen molar-refractivity contribution in [3.8, 4) is 5.69 Å². The van der Waals surface area contributed by atoms with Crippen molar-refractivity contribution < 1.29 is 19.1 Å². The van der Waals surface area contributed by atoms with Crippen molar-refractivity contribution in [2.45, 2.75) is 71.4 Å². The van der Waals surface area contributed by atoms with Crippen molar-refractivity contribution in [1.82, 2.24) is 9.78 Å². The van der Waals surface area contributed by atoms with Crippen LogP contribution in [0.5, 0.6) is 0 Å². The van der Waals surface area contributed by atoms with Gasteiger partial charge in [0.2, 0.25) is 0 Å². The van der Waals surface area contributed by atoms with Crippen LogP contribution in [0.25, 0.3) is 5.69 Å². The van der Waals surface area contributed by atoms with E-state index in [9.17, 15) is 14.7 Å². The number of aliphatic carboxylic acids is 1. The Labute approximate surface area is 192 Å². The molecule has 0 radical (unpaired) electrons. The number of nitrogens with one attached hydrogen (secondary N) is 1. The molecule has 1 heterocycles. The van der Waals surface area contributed by atoms with Gasteiger partial charge in [-0.2, -0.15) is 5.10 Å². The Morgan fingerprint density at radius 1 is 1.33 bits per heavy atom. The van der Waals surface area contributed by atoms with Gasteiger partial charge in [-0.25, -0.2) is 9.07 Å². The lowest BCUT2D eigenvalue weighted by atomic mass is 9.76. The molecule has 1 amide bonds. The lowest BCUT2D eigenvalue weighted by Gasteiger charge is -2.30. The van der Waals surface area contributed by atoms with Crippen molar-refractivity contribution in [3.05, 3.63) is 40.5 Å². The van der Waals surface area contributed by atoms with Gasteiger partial charge in [0, 0.05) is 23.7 Å². The van der Waals surface area contributed by atoms with E-state index in [1.165, 1.54) is 11.6 Å². The number of rotatable bonds is 6. The average Bonchev–Trinajstić information content (AvgIpc) is 3.29. The van der Waals surface area contributed by atoms with Gasteiger partial charge < -0.3 is 21.9 Å². The quantitative estimate of drug-likeness (QED) is 0.526. The monoisotopic (exact) mass is 457 g/mol. The molecule has 1 unspecified atom stereocenters. The lowest BCUT2D eigenvalue weighted by Crippen LogP contribution is -2.44. The van der Waals surface area contributed by atoms with Gasteiger partial charge in [-0.3, -0.25) is 9.59 Å². The van der Waals surface area contributed by atoms with Crippen molar-refractivity contribution >= 4 is 17.6 Å². The zero-order chi connectivity index (χ0) is 24.1. The Morgan fingerprint density at radius 2 is 2.06 bits per heavy atom. The molecule has 2 aliphatic carbocycles. The Bertz CT molecular complexity index is 1110. The molecule has 1 aromatic carbocycles. The van der Waals surface area contributed by atoms with E-state index < -0.39 is 23.7 Å². The predicted octanol–water partition coefficient (Wildman–Crippen LogP) is 2.93. The molecule has 0 bridgehead atoms. The highest BCUT2D eigenvalue weighted by Crippen LogP contribution is 2.38. The minimum absolute atomic E-state index is 0.105. The van der Waals surface area contributed by atoms with Gasteiger partial charge in [-0.05, 0) is 56.1 Å². The second-order valence-corrected chi connectivity index (χ2v) is 10.2. The van der Waals surface area contributed by atoms with Gasteiger partial charge in [0.05, 0.1) is 22.6 Å². The van der Waals surface area contributed by atoms with Gasteiger partial charge in [0.15, 0.2) is 0 Å². The molecule has 4 rings (SSSR count). The van der Waals surface area contributed by atoms with Gasteiger partial charge in [0.25, 0.3) is 5.91 Å². The molecular weight excluding hydrogens is 425 g/mol.